The van der Waals surface area contributed by atoms with Gasteiger partial charge in [0.15, 0.2) is 0 Å². The second kappa shape index (κ2) is 19.7. The van der Waals surface area contributed by atoms with Crippen molar-refractivity contribution in [1.82, 2.24) is 0 Å². The second-order valence-electron chi connectivity index (χ2n) is 12.6. The van der Waals surface area contributed by atoms with Crippen LogP contribution in [0, 0.1) is 0 Å². The molecular weight excluding hydrogens is 508 g/mol. The summed E-state index contributed by atoms with van der Waals surface area (Å²) in [4.78, 5) is 0. The highest BCUT2D eigenvalue weighted by Gasteiger charge is 2.35. The van der Waals surface area contributed by atoms with Gasteiger partial charge in [0.2, 0.25) is 11.4 Å². The summed E-state index contributed by atoms with van der Waals surface area (Å²) < 4.78 is 1.57. The molecule has 2 nitrogen and oxygen atoms in total. The van der Waals surface area contributed by atoms with Crippen molar-refractivity contribution >= 4 is 11.4 Å². The summed E-state index contributed by atoms with van der Waals surface area (Å²) in [7, 11) is 0. The van der Waals surface area contributed by atoms with Gasteiger partial charge in [-0.2, -0.15) is 0 Å². The minimum absolute atomic E-state index is 1.02. The number of hydrogen-bond donors (Lipinski definition) is 0. The first-order valence-corrected chi connectivity index (χ1v) is 17.8. The molecule has 0 fully saturated rings. The molecule has 1 aliphatic heterocycles. The summed E-state index contributed by atoms with van der Waals surface area (Å²) in [6.45, 7) is 9.11. The topological polar surface area (TPSA) is 25.3 Å². The quantitative estimate of drug-likeness (QED) is 0.0997. The lowest BCUT2D eigenvalue weighted by Crippen LogP contribution is -2.03. The molecule has 3 rings (SSSR count). The Bertz CT molecular complexity index is 1030. The molecule has 0 amide bonds. The lowest BCUT2D eigenvalue weighted by atomic mass is 9.91. The second-order valence-corrected chi connectivity index (χ2v) is 12.6. The third-order valence-electron chi connectivity index (χ3n) is 9.01. The van der Waals surface area contributed by atoms with Crippen LogP contribution >= 0.6 is 0 Å². The van der Waals surface area contributed by atoms with Crippen LogP contribution in [0.4, 0.5) is 0 Å². The monoisotopic (exact) mass is 568 g/mol. The Kier molecular flexibility index (Phi) is 15.9. The van der Waals surface area contributed by atoms with E-state index in [1.54, 1.807) is 4.70 Å². The van der Waals surface area contributed by atoms with Crippen molar-refractivity contribution in [2.24, 2.45) is 0 Å². The molecule has 0 saturated heterocycles. The maximum Gasteiger partial charge on any atom is 0.211 e. The van der Waals surface area contributed by atoms with Gasteiger partial charge in [0, 0.05) is 22.3 Å². The maximum absolute atomic E-state index is 12.0. The largest absolute Gasteiger partial charge is 0.493 e. The van der Waals surface area contributed by atoms with E-state index in [1.807, 2.05) is 0 Å². The first kappa shape index (κ1) is 34.0. The van der Waals surface area contributed by atoms with Gasteiger partial charge in [-0.25, -0.2) is 4.70 Å². The molecular formula is C40H60N2. The van der Waals surface area contributed by atoms with E-state index >= 15 is 0 Å². The molecule has 1 aliphatic rings. The van der Waals surface area contributed by atoms with Crippen LogP contribution in [0.3, 0.4) is 0 Å². The summed E-state index contributed by atoms with van der Waals surface area (Å²) in [6.07, 6.45) is 24.6. The summed E-state index contributed by atoms with van der Waals surface area (Å²) in [5.41, 5.74) is 21.9. The van der Waals surface area contributed by atoms with Crippen molar-refractivity contribution in [2.45, 2.75) is 156 Å². The number of allylic oxidation sites excluding steroid dienone is 2. The number of rotatable bonds is 22. The number of aryl methyl sites for hydroxylation is 2. The summed E-state index contributed by atoms with van der Waals surface area (Å²) in [5, 5.41) is 0. The Morgan fingerprint density at radius 3 is 1.02 bits per heavy atom. The first-order chi connectivity index (χ1) is 20.6. The van der Waals surface area contributed by atoms with Crippen molar-refractivity contribution in [3.05, 3.63) is 87.5 Å². The standard InChI is InChI=1S/C40H60N2/c1-5-9-13-17-21-33-25-29-35(30-26-33)39-37(23-19-15-11-7-3)38(24-20-16-12-8-4)40(42(39)41)36-31-27-34(28-32-36)22-18-14-10-6-2/h25-32H,5-24H2,1-4H3. The van der Waals surface area contributed by atoms with Crippen LogP contribution in [0.1, 0.15) is 166 Å². The van der Waals surface area contributed by atoms with Crippen LogP contribution < -0.4 is 0 Å². The highest BCUT2D eigenvalue weighted by Crippen LogP contribution is 2.44. The van der Waals surface area contributed by atoms with E-state index < -0.39 is 0 Å². The SMILES string of the molecule is CCCCCCC1=C(c2ccc(CCCCCC)cc2)[N+](=[N-])C(c2ccc(CCCCCC)cc2)=C1CCCCCC. The van der Waals surface area contributed by atoms with E-state index in [-0.39, 0.29) is 0 Å². The molecule has 0 radical (unpaired) electrons. The molecule has 0 bridgehead atoms. The maximum atomic E-state index is 12.0. The van der Waals surface area contributed by atoms with Gasteiger partial charge in [-0.3, -0.25) is 0 Å². The molecule has 2 heteroatoms. The van der Waals surface area contributed by atoms with Crippen molar-refractivity contribution in [3.63, 3.8) is 0 Å². The van der Waals surface area contributed by atoms with Crippen LogP contribution in [0.2, 0.25) is 0 Å². The highest BCUT2D eigenvalue weighted by molar-refractivity contribution is 5.82. The molecule has 0 atom stereocenters. The molecule has 0 spiro atoms. The normalized spacial score (nSPS) is 13.6. The molecule has 0 saturated carbocycles. The Labute approximate surface area is 259 Å². The fourth-order valence-electron chi connectivity index (χ4n) is 6.41. The van der Waals surface area contributed by atoms with Gasteiger partial charge in [0.1, 0.15) is 0 Å². The van der Waals surface area contributed by atoms with Crippen molar-refractivity contribution < 1.29 is 4.70 Å². The van der Waals surface area contributed by atoms with Crippen LogP contribution in [0.15, 0.2) is 59.7 Å². The first-order valence-electron chi connectivity index (χ1n) is 17.8. The third-order valence-corrected chi connectivity index (χ3v) is 9.01. The molecule has 0 unspecified atom stereocenters. The summed E-state index contributed by atoms with van der Waals surface area (Å²) in [6, 6.07) is 18.2. The van der Waals surface area contributed by atoms with E-state index in [2.05, 4.69) is 76.2 Å². The Morgan fingerprint density at radius 1 is 0.405 bits per heavy atom. The number of unbranched alkanes of at least 4 members (excludes halogenated alkanes) is 12. The van der Waals surface area contributed by atoms with Crippen LogP contribution in [0.25, 0.3) is 16.9 Å². The predicted octanol–water partition coefficient (Wildman–Crippen LogP) is 13.0. The van der Waals surface area contributed by atoms with Gasteiger partial charge in [0.25, 0.3) is 0 Å². The van der Waals surface area contributed by atoms with Gasteiger partial charge < -0.3 is 5.53 Å². The number of benzene rings is 2. The zero-order chi connectivity index (χ0) is 30.0. The van der Waals surface area contributed by atoms with Gasteiger partial charge in [-0.1, -0.05) is 129 Å². The fraction of sp³-hybridized carbons (Fsp3) is 0.600. The average molecular weight is 569 g/mol. The molecule has 0 aromatic heterocycles. The van der Waals surface area contributed by atoms with E-state index in [0.717, 1.165) is 48.2 Å². The summed E-state index contributed by atoms with van der Waals surface area (Å²) in [5.74, 6) is 0. The van der Waals surface area contributed by atoms with E-state index in [9.17, 15) is 5.53 Å². The number of hydrogen-bond acceptors (Lipinski definition) is 0. The Balaban J connectivity index is 1.93. The van der Waals surface area contributed by atoms with Crippen molar-refractivity contribution in [3.8, 4) is 0 Å². The van der Waals surface area contributed by atoms with Crippen LogP contribution in [0.5, 0.6) is 0 Å². The fourth-order valence-corrected chi connectivity index (χ4v) is 6.41. The van der Waals surface area contributed by atoms with Gasteiger partial charge in [0.05, 0.1) is 0 Å². The molecule has 1 heterocycles. The van der Waals surface area contributed by atoms with Gasteiger partial charge in [-0.05, 0) is 86.8 Å². The van der Waals surface area contributed by atoms with E-state index in [4.69, 9.17) is 0 Å². The highest BCUT2D eigenvalue weighted by atomic mass is 15.2. The smallest absolute Gasteiger partial charge is 0.211 e. The zero-order valence-corrected chi connectivity index (χ0v) is 27.7. The Hall–Kier alpha value is -2.48. The zero-order valence-electron chi connectivity index (χ0n) is 27.7. The van der Waals surface area contributed by atoms with Crippen molar-refractivity contribution in [1.29, 1.82) is 0 Å². The number of nitrogens with zero attached hydrogens (tertiary/aromatic N) is 2. The average Bonchev–Trinajstić information content (AvgIpc) is 3.29. The van der Waals surface area contributed by atoms with Crippen molar-refractivity contribution in [2.75, 3.05) is 0 Å². The minimum Gasteiger partial charge on any atom is -0.493 e. The molecule has 230 valence electrons. The van der Waals surface area contributed by atoms with E-state index in [0.29, 0.717) is 0 Å². The lowest BCUT2D eigenvalue weighted by molar-refractivity contribution is -0.345. The van der Waals surface area contributed by atoms with Gasteiger partial charge in [-0.15, -0.1) is 0 Å². The Morgan fingerprint density at radius 2 is 0.714 bits per heavy atom. The van der Waals surface area contributed by atoms with E-state index in [1.165, 1.54) is 125 Å². The molecule has 42 heavy (non-hydrogen) atoms. The van der Waals surface area contributed by atoms with Crippen LogP contribution in [-0.4, -0.2) is 4.70 Å². The predicted molar refractivity (Wildman–Crippen MR) is 184 cm³/mol. The third kappa shape index (κ3) is 10.4. The lowest BCUT2D eigenvalue weighted by Gasteiger charge is -2.11. The molecule has 0 N–H and O–H groups in total. The summed E-state index contributed by atoms with van der Waals surface area (Å²) >= 11 is 0. The van der Waals surface area contributed by atoms with Gasteiger partial charge >= 0.3 is 0 Å². The van der Waals surface area contributed by atoms with Crippen LogP contribution in [-0.2, 0) is 12.8 Å². The molecule has 2 aromatic carbocycles. The molecule has 0 aliphatic carbocycles. The molecule has 2 aromatic rings. The minimum atomic E-state index is 1.02.